The van der Waals surface area contributed by atoms with Gasteiger partial charge in [-0.05, 0) is 74.2 Å². The summed E-state index contributed by atoms with van der Waals surface area (Å²) in [5, 5.41) is 18.0. The minimum absolute atomic E-state index is 0.0438. The van der Waals surface area contributed by atoms with Crippen LogP contribution in [0.2, 0.25) is 0 Å². The lowest BCUT2D eigenvalue weighted by Crippen LogP contribution is -2.48. The fraction of sp³-hybridized carbons (Fsp3) is 0.333. The molecule has 1 N–H and O–H groups in total. The number of carboxylic acids is 1. The Balaban J connectivity index is 2.19. The van der Waals surface area contributed by atoms with Crippen molar-refractivity contribution in [3.05, 3.63) is 75.9 Å². The molecule has 0 fully saturated rings. The average Bonchev–Trinajstić information content (AvgIpc) is 2.66. The highest BCUT2D eigenvalue weighted by atomic mass is 19.1. The predicted molar refractivity (Wildman–Crippen MR) is 111 cm³/mol. The van der Waals surface area contributed by atoms with Crippen molar-refractivity contribution in [2.75, 3.05) is 6.54 Å². The molecule has 162 valence electrons. The molecule has 0 radical (unpaired) electrons. The normalized spacial score (nSPS) is 19.3. The van der Waals surface area contributed by atoms with Crippen molar-refractivity contribution >= 4 is 12.0 Å². The minimum atomic E-state index is -1.60. The molecule has 2 aromatic rings. The predicted octanol–water partition coefficient (Wildman–Crippen LogP) is 5.02. The molecule has 1 heterocycles. The van der Waals surface area contributed by atoms with Gasteiger partial charge in [0.1, 0.15) is 17.3 Å². The minimum Gasteiger partial charge on any atom is -0.478 e. The topological polar surface area (TPSA) is 64.3 Å². The van der Waals surface area contributed by atoms with Crippen LogP contribution in [0.15, 0.2) is 36.4 Å². The molecule has 1 aliphatic heterocycles. The highest BCUT2D eigenvalue weighted by Gasteiger charge is 2.39. The van der Waals surface area contributed by atoms with E-state index in [4.69, 9.17) is 5.11 Å². The number of hydrogen-bond acceptors (Lipinski definition) is 3. The third kappa shape index (κ3) is 4.97. The second-order valence-electron chi connectivity index (χ2n) is 8.44. The van der Waals surface area contributed by atoms with Gasteiger partial charge in [-0.3, -0.25) is 4.90 Å². The van der Waals surface area contributed by atoms with Gasteiger partial charge in [0, 0.05) is 24.2 Å². The van der Waals surface area contributed by atoms with Crippen molar-refractivity contribution in [2.45, 2.75) is 44.9 Å². The third-order valence-electron chi connectivity index (χ3n) is 5.33. The molecule has 0 saturated carbocycles. The van der Waals surface area contributed by atoms with Crippen LogP contribution in [0.3, 0.4) is 0 Å². The van der Waals surface area contributed by atoms with Gasteiger partial charge in [0.05, 0.1) is 17.7 Å². The molecule has 7 heteroatoms. The fourth-order valence-corrected chi connectivity index (χ4v) is 4.12. The van der Waals surface area contributed by atoms with Crippen molar-refractivity contribution in [3.8, 4) is 6.07 Å². The number of benzene rings is 2. The number of fused-ring (bicyclic) bond motifs is 1. The highest BCUT2D eigenvalue weighted by Crippen LogP contribution is 2.41. The lowest BCUT2D eigenvalue weighted by Gasteiger charge is -2.44. The standard InChI is InChI=1S/C24H23F3N2O2/c1-14-8-17-9-16(12-28)4-6-18(17)23(29(14)13-24(2,3)27)22-19(25)10-15(11-20(22)26)5-7-21(30)31/h4-7,9-11,14,23H,8,13H2,1-3H3,(H,30,31)/b7-5+. The Bertz CT molecular complexity index is 1060. The summed E-state index contributed by atoms with van der Waals surface area (Å²) in [6.45, 7) is 4.65. The van der Waals surface area contributed by atoms with Crippen LogP contribution in [0, 0.1) is 23.0 Å². The SMILES string of the molecule is CC1Cc2cc(C#N)ccc2C(c2c(F)cc(/C=C/C(=O)O)cc2F)N1CC(C)(C)F. The van der Waals surface area contributed by atoms with Crippen molar-refractivity contribution < 1.29 is 23.1 Å². The van der Waals surface area contributed by atoms with E-state index in [1.165, 1.54) is 13.8 Å². The Morgan fingerprint density at radius 2 is 1.94 bits per heavy atom. The molecular formula is C24H23F3N2O2. The Morgan fingerprint density at radius 3 is 2.48 bits per heavy atom. The number of alkyl halides is 1. The number of rotatable bonds is 5. The molecule has 0 amide bonds. The van der Waals surface area contributed by atoms with E-state index in [1.807, 2.05) is 6.92 Å². The first-order chi connectivity index (χ1) is 14.5. The Labute approximate surface area is 179 Å². The Hall–Kier alpha value is -3.11. The number of nitriles is 1. The quantitative estimate of drug-likeness (QED) is 0.680. The molecule has 31 heavy (non-hydrogen) atoms. The lowest BCUT2D eigenvalue weighted by molar-refractivity contribution is -0.131. The van der Waals surface area contributed by atoms with Crippen LogP contribution < -0.4 is 0 Å². The van der Waals surface area contributed by atoms with Crippen molar-refractivity contribution in [3.63, 3.8) is 0 Å². The summed E-state index contributed by atoms with van der Waals surface area (Å²) in [6.07, 6.45) is 2.42. The van der Waals surface area contributed by atoms with Crippen molar-refractivity contribution in [1.82, 2.24) is 4.90 Å². The maximum atomic E-state index is 15.2. The second-order valence-corrected chi connectivity index (χ2v) is 8.44. The highest BCUT2D eigenvalue weighted by molar-refractivity contribution is 5.85. The molecule has 0 bridgehead atoms. The van der Waals surface area contributed by atoms with E-state index in [0.717, 1.165) is 29.8 Å². The van der Waals surface area contributed by atoms with E-state index in [2.05, 4.69) is 6.07 Å². The third-order valence-corrected chi connectivity index (χ3v) is 5.33. The molecular weight excluding hydrogens is 405 g/mol. The Morgan fingerprint density at radius 1 is 1.29 bits per heavy atom. The van der Waals surface area contributed by atoms with Gasteiger partial charge in [0.25, 0.3) is 0 Å². The number of hydrogen-bond donors (Lipinski definition) is 1. The number of halogens is 3. The fourth-order valence-electron chi connectivity index (χ4n) is 4.12. The van der Waals surface area contributed by atoms with Gasteiger partial charge in [-0.2, -0.15) is 5.26 Å². The van der Waals surface area contributed by atoms with Crippen LogP contribution in [0.4, 0.5) is 13.2 Å². The van der Waals surface area contributed by atoms with Crippen molar-refractivity contribution in [1.29, 1.82) is 5.26 Å². The second kappa shape index (κ2) is 8.56. The summed E-state index contributed by atoms with van der Waals surface area (Å²) in [5.41, 5.74) is 0.0927. The maximum absolute atomic E-state index is 15.2. The summed E-state index contributed by atoms with van der Waals surface area (Å²) in [7, 11) is 0. The summed E-state index contributed by atoms with van der Waals surface area (Å²) in [4.78, 5) is 12.5. The van der Waals surface area contributed by atoms with Gasteiger partial charge in [-0.25, -0.2) is 18.0 Å². The zero-order chi connectivity index (χ0) is 22.9. The van der Waals surface area contributed by atoms with Gasteiger partial charge < -0.3 is 5.11 Å². The molecule has 2 aromatic carbocycles. The summed E-state index contributed by atoms with van der Waals surface area (Å²) >= 11 is 0. The van der Waals surface area contributed by atoms with Crippen LogP contribution in [0.25, 0.3) is 6.08 Å². The molecule has 1 aliphatic rings. The molecule has 2 atom stereocenters. The monoisotopic (exact) mass is 428 g/mol. The largest absolute Gasteiger partial charge is 0.478 e. The van der Waals surface area contributed by atoms with Gasteiger partial charge >= 0.3 is 5.97 Å². The first-order valence-electron chi connectivity index (χ1n) is 9.87. The molecule has 0 aromatic heterocycles. The number of carbonyl (C=O) groups is 1. The zero-order valence-electron chi connectivity index (χ0n) is 17.5. The van der Waals surface area contributed by atoms with E-state index in [0.29, 0.717) is 17.5 Å². The van der Waals surface area contributed by atoms with Crippen LogP contribution in [-0.2, 0) is 11.2 Å². The molecule has 2 unspecified atom stereocenters. The molecule has 4 nitrogen and oxygen atoms in total. The molecule has 0 aliphatic carbocycles. The average molecular weight is 428 g/mol. The van der Waals surface area contributed by atoms with E-state index >= 15 is 8.78 Å². The first-order valence-corrected chi connectivity index (χ1v) is 9.87. The first kappa shape index (κ1) is 22.6. The maximum Gasteiger partial charge on any atom is 0.328 e. The van der Waals surface area contributed by atoms with E-state index in [9.17, 15) is 14.4 Å². The van der Waals surface area contributed by atoms with Gasteiger partial charge in [0.15, 0.2) is 0 Å². The van der Waals surface area contributed by atoms with Crippen LogP contribution >= 0.6 is 0 Å². The van der Waals surface area contributed by atoms with Gasteiger partial charge in [0.2, 0.25) is 0 Å². The van der Waals surface area contributed by atoms with Gasteiger partial charge in [-0.15, -0.1) is 0 Å². The molecule has 3 rings (SSSR count). The summed E-state index contributed by atoms with van der Waals surface area (Å²) in [6, 6.07) is 8.04. The van der Waals surface area contributed by atoms with Crippen LogP contribution in [0.5, 0.6) is 0 Å². The van der Waals surface area contributed by atoms with Crippen LogP contribution in [-0.4, -0.2) is 34.2 Å². The van der Waals surface area contributed by atoms with Crippen molar-refractivity contribution in [2.24, 2.45) is 0 Å². The molecule has 0 saturated heterocycles. The Kier molecular flexibility index (Phi) is 6.23. The van der Waals surface area contributed by atoms with E-state index in [-0.39, 0.29) is 23.7 Å². The lowest BCUT2D eigenvalue weighted by atomic mass is 9.83. The zero-order valence-corrected chi connectivity index (χ0v) is 17.5. The summed E-state index contributed by atoms with van der Waals surface area (Å²) < 4.78 is 45.0. The number of carboxylic acid groups (broad SMARTS) is 1. The number of aliphatic carboxylic acids is 1. The van der Waals surface area contributed by atoms with E-state index < -0.39 is 29.3 Å². The smallest absolute Gasteiger partial charge is 0.328 e. The summed E-state index contributed by atoms with van der Waals surface area (Å²) in [5.74, 6) is -2.92. The number of nitrogens with zero attached hydrogens (tertiary/aromatic N) is 2. The van der Waals surface area contributed by atoms with Crippen LogP contribution in [0.1, 0.15) is 54.6 Å². The van der Waals surface area contributed by atoms with E-state index in [1.54, 1.807) is 23.1 Å². The molecule has 0 spiro atoms. The van der Waals surface area contributed by atoms with Gasteiger partial charge in [-0.1, -0.05) is 6.07 Å².